The predicted molar refractivity (Wildman–Crippen MR) is 72.0 cm³/mol. The predicted octanol–water partition coefficient (Wildman–Crippen LogP) is 3.40. The number of nitrogens with zero attached hydrogens (tertiary/aromatic N) is 2. The van der Waals surface area contributed by atoms with E-state index >= 15 is 0 Å². The van der Waals surface area contributed by atoms with Gasteiger partial charge in [-0.3, -0.25) is 0 Å². The second kappa shape index (κ2) is 5.49. The molecule has 0 fully saturated rings. The van der Waals surface area contributed by atoms with Crippen molar-refractivity contribution in [3.63, 3.8) is 0 Å². The summed E-state index contributed by atoms with van der Waals surface area (Å²) in [7, 11) is 0. The Kier molecular flexibility index (Phi) is 3.98. The highest BCUT2D eigenvalue weighted by molar-refractivity contribution is 9.10. The van der Waals surface area contributed by atoms with Crippen molar-refractivity contribution in [2.24, 2.45) is 0 Å². The third kappa shape index (κ3) is 3.08. The fourth-order valence-electron chi connectivity index (χ4n) is 1.27. The summed E-state index contributed by atoms with van der Waals surface area (Å²) in [5.41, 5.74) is 1.29. The standard InChI is InChI=1S/C12H9BrN2O2S/c1-7-4-10(15-6-9(7)13)18-11-5-8(12(16)17)2-3-14-11/h2-6H,1H3,(H,16,17). The van der Waals surface area contributed by atoms with Crippen LogP contribution in [0.5, 0.6) is 0 Å². The van der Waals surface area contributed by atoms with E-state index in [-0.39, 0.29) is 5.56 Å². The molecule has 18 heavy (non-hydrogen) atoms. The number of carboxylic acid groups (broad SMARTS) is 1. The number of aromatic carboxylic acids is 1. The van der Waals surface area contributed by atoms with Gasteiger partial charge in [0.15, 0.2) is 0 Å². The molecule has 0 bridgehead atoms. The minimum absolute atomic E-state index is 0.223. The highest BCUT2D eigenvalue weighted by atomic mass is 79.9. The van der Waals surface area contributed by atoms with Gasteiger partial charge in [0.1, 0.15) is 10.1 Å². The fourth-order valence-corrected chi connectivity index (χ4v) is 2.35. The average molecular weight is 325 g/mol. The Hall–Kier alpha value is -1.40. The third-order valence-corrected chi connectivity index (χ3v) is 3.91. The first kappa shape index (κ1) is 13.0. The van der Waals surface area contributed by atoms with Crippen LogP contribution < -0.4 is 0 Å². The smallest absolute Gasteiger partial charge is 0.335 e. The highest BCUT2D eigenvalue weighted by Gasteiger charge is 2.07. The van der Waals surface area contributed by atoms with Crippen molar-refractivity contribution in [2.45, 2.75) is 17.0 Å². The number of hydrogen-bond donors (Lipinski definition) is 1. The molecule has 2 heterocycles. The number of pyridine rings is 2. The molecule has 0 unspecified atom stereocenters. The first-order valence-electron chi connectivity index (χ1n) is 5.05. The lowest BCUT2D eigenvalue weighted by Gasteiger charge is -2.03. The lowest BCUT2D eigenvalue weighted by Crippen LogP contribution is -1.96. The van der Waals surface area contributed by atoms with Gasteiger partial charge in [-0.15, -0.1) is 0 Å². The van der Waals surface area contributed by atoms with Crippen LogP contribution in [0, 0.1) is 6.92 Å². The Morgan fingerprint density at radius 2 is 2.06 bits per heavy atom. The Morgan fingerprint density at radius 3 is 2.72 bits per heavy atom. The molecule has 0 aromatic carbocycles. The molecule has 0 aliphatic carbocycles. The fraction of sp³-hybridized carbons (Fsp3) is 0.0833. The lowest BCUT2D eigenvalue weighted by atomic mass is 10.3. The molecule has 6 heteroatoms. The van der Waals surface area contributed by atoms with E-state index in [1.54, 1.807) is 6.20 Å². The molecular formula is C12H9BrN2O2S. The van der Waals surface area contributed by atoms with Gasteiger partial charge >= 0.3 is 5.97 Å². The summed E-state index contributed by atoms with van der Waals surface area (Å²) in [5, 5.41) is 10.3. The van der Waals surface area contributed by atoms with E-state index in [0.29, 0.717) is 5.03 Å². The molecule has 2 aromatic rings. The Labute approximate surface area is 117 Å². The van der Waals surface area contributed by atoms with E-state index in [2.05, 4.69) is 25.9 Å². The van der Waals surface area contributed by atoms with Crippen LogP contribution in [0.3, 0.4) is 0 Å². The van der Waals surface area contributed by atoms with Gasteiger partial charge in [-0.1, -0.05) is 11.8 Å². The molecule has 92 valence electrons. The van der Waals surface area contributed by atoms with Crippen LogP contribution in [0.15, 0.2) is 45.1 Å². The van der Waals surface area contributed by atoms with E-state index < -0.39 is 5.97 Å². The second-order valence-electron chi connectivity index (χ2n) is 3.56. The zero-order chi connectivity index (χ0) is 13.1. The summed E-state index contributed by atoms with van der Waals surface area (Å²) in [6, 6.07) is 4.92. The maximum absolute atomic E-state index is 10.8. The van der Waals surface area contributed by atoms with E-state index in [9.17, 15) is 4.79 Å². The Balaban J connectivity index is 2.25. The molecule has 2 rings (SSSR count). The van der Waals surface area contributed by atoms with Crippen LogP contribution in [-0.2, 0) is 0 Å². The average Bonchev–Trinajstić information content (AvgIpc) is 2.34. The van der Waals surface area contributed by atoms with Gasteiger partial charge in [0.2, 0.25) is 0 Å². The molecule has 4 nitrogen and oxygen atoms in total. The maximum Gasteiger partial charge on any atom is 0.335 e. The molecule has 0 saturated carbocycles. The van der Waals surface area contributed by atoms with Crippen molar-refractivity contribution in [1.82, 2.24) is 9.97 Å². The largest absolute Gasteiger partial charge is 0.478 e. The number of hydrogen-bond acceptors (Lipinski definition) is 4. The monoisotopic (exact) mass is 324 g/mol. The van der Waals surface area contributed by atoms with Gasteiger partial charge in [0.25, 0.3) is 0 Å². The summed E-state index contributed by atoms with van der Waals surface area (Å²) >= 11 is 4.72. The van der Waals surface area contributed by atoms with Crippen molar-refractivity contribution >= 4 is 33.7 Å². The number of halogens is 1. The summed E-state index contributed by atoms with van der Waals surface area (Å²) < 4.78 is 0.944. The molecule has 2 aromatic heterocycles. The summed E-state index contributed by atoms with van der Waals surface area (Å²) in [6.07, 6.45) is 3.20. The number of carboxylic acids is 1. The van der Waals surface area contributed by atoms with Gasteiger partial charge in [-0.05, 0) is 46.6 Å². The van der Waals surface area contributed by atoms with Crippen LogP contribution in [0.25, 0.3) is 0 Å². The zero-order valence-electron chi connectivity index (χ0n) is 9.42. The van der Waals surface area contributed by atoms with E-state index in [1.807, 2.05) is 13.0 Å². The number of rotatable bonds is 3. The first-order chi connectivity index (χ1) is 8.56. The Morgan fingerprint density at radius 1 is 1.33 bits per heavy atom. The summed E-state index contributed by atoms with van der Waals surface area (Å²) in [4.78, 5) is 19.2. The molecular weight excluding hydrogens is 316 g/mol. The molecule has 0 spiro atoms. The molecule has 0 atom stereocenters. The normalized spacial score (nSPS) is 10.3. The lowest BCUT2D eigenvalue weighted by molar-refractivity contribution is 0.0696. The zero-order valence-corrected chi connectivity index (χ0v) is 11.8. The quantitative estimate of drug-likeness (QED) is 0.937. The minimum Gasteiger partial charge on any atom is -0.478 e. The molecule has 0 saturated heterocycles. The Bertz CT molecular complexity index is 604. The maximum atomic E-state index is 10.8. The van der Waals surface area contributed by atoms with Crippen molar-refractivity contribution in [3.05, 3.63) is 46.2 Å². The molecule has 0 radical (unpaired) electrons. The molecule has 0 aliphatic heterocycles. The second-order valence-corrected chi connectivity index (χ2v) is 5.46. The molecule has 0 aliphatic rings. The van der Waals surface area contributed by atoms with Crippen molar-refractivity contribution in [1.29, 1.82) is 0 Å². The van der Waals surface area contributed by atoms with Gasteiger partial charge in [0.05, 0.1) is 5.56 Å². The molecule has 0 amide bonds. The summed E-state index contributed by atoms with van der Waals surface area (Å²) in [6.45, 7) is 1.97. The minimum atomic E-state index is -0.959. The summed E-state index contributed by atoms with van der Waals surface area (Å²) in [5.74, 6) is -0.959. The van der Waals surface area contributed by atoms with Crippen LogP contribution in [0.4, 0.5) is 0 Å². The number of aromatic nitrogens is 2. The van der Waals surface area contributed by atoms with Crippen LogP contribution in [0.1, 0.15) is 15.9 Å². The topological polar surface area (TPSA) is 63.1 Å². The van der Waals surface area contributed by atoms with E-state index in [0.717, 1.165) is 15.1 Å². The van der Waals surface area contributed by atoms with Gasteiger partial charge in [-0.2, -0.15) is 0 Å². The van der Waals surface area contributed by atoms with Gasteiger partial charge in [-0.25, -0.2) is 14.8 Å². The van der Waals surface area contributed by atoms with E-state index in [1.165, 1.54) is 30.1 Å². The number of aryl methyl sites for hydroxylation is 1. The first-order valence-corrected chi connectivity index (χ1v) is 6.66. The van der Waals surface area contributed by atoms with Crippen LogP contribution >= 0.6 is 27.7 Å². The van der Waals surface area contributed by atoms with Crippen molar-refractivity contribution in [3.8, 4) is 0 Å². The van der Waals surface area contributed by atoms with Gasteiger partial charge in [0, 0.05) is 16.9 Å². The number of carbonyl (C=O) groups is 1. The van der Waals surface area contributed by atoms with Crippen LogP contribution in [0.2, 0.25) is 0 Å². The highest BCUT2D eigenvalue weighted by Crippen LogP contribution is 2.27. The SMILES string of the molecule is Cc1cc(Sc2cc(C(=O)O)ccn2)ncc1Br. The van der Waals surface area contributed by atoms with Crippen LogP contribution in [-0.4, -0.2) is 21.0 Å². The van der Waals surface area contributed by atoms with Crippen molar-refractivity contribution in [2.75, 3.05) is 0 Å². The molecule has 1 N–H and O–H groups in total. The third-order valence-electron chi connectivity index (χ3n) is 2.21. The van der Waals surface area contributed by atoms with Gasteiger partial charge < -0.3 is 5.11 Å². The van der Waals surface area contributed by atoms with Crippen molar-refractivity contribution < 1.29 is 9.90 Å². The van der Waals surface area contributed by atoms with E-state index in [4.69, 9.17) is 5.11 Å².